The van der Waals surface area contributed by atoms with E-state index in [2.05, 4.69) is 159 Å². The van der Waals surface area contributed by atoms with Gasteiger partial charge in [-0.2, -0.15) is 0 Å². The lowest BCUT2D eigenvalue weighted by Crippen LogP contribution is -2.14. The summed E-state index contributed by atoms with van der Waals surface area (Å²) in [5.74, 6) is 0. The second kappa shape index (κ2) is 8.80. The van der Waals surface area contributed by atoms with E-state index in [1.165, 1.54) is 98.4 Å². The third-order valence-electron chi connectivity index (χ3n) is 10.6. The number of rotatable bonds is 2. The van der Waals surface area contributed by atoms with E-state index in [1.807, 2.05) is 0 Å². The normalized spacial score (nSPS) is 13.7. The largest absolute Gasteiger partial charge is 0.0619 e. The fourth-order valence-electron chi connectivity index (χ4n) is 8.37. The number of hydrogen-bond donors (Lipinski definition) is 0. The van der Waals surface area contributed by atoms with Gasteiger partial charge in [-0.25, -0.2) is 0 Å². The fourth-order valence-corrected chi connectivity index (χ4v) is 8.37. The van der Waals surface area contributed by atoms with E-state index in [4.69, 9.17) is 0 Å². The van der Waals surface area contributed by atoms with Gasteiger partial charge in [-0.05, 0) is 117 Å². The Labute approximate surface area is 262 Å². The molecule has 1 aliphatic rings. The first kappa shape index (κ1) is 24.9. The van der Waals surface area contributed by atoms with Crippen LogP contribution in [0, 0.1) is 0 Å². The topological polar surface area (TPSA) is 0 Å². The van der Waals surface area contributed by atoms with E-state index >= 15 is 0 Å². The molecule has 0 heterocycles. The molecule has 0 N–H and O–H groups in total. The molecule has 0 aromatic heterocycles. The Hall–Kier alpha value is -5.46. The highest BCUT2D eigenvalue weighted by molar-refractivity contribution is 6.35. The van der Waals surface area contributed by atoms with Crippen molar-refractivity contribution in [3.63, 3.8) is 0 Å². The Bertz CT molecular complexity index is 2670. The van der Waals surface area contributed by atoms with Crippen molar-refractivity contribution in [2.45, 2.75) is 19.3 Å². The molecule has 1 aliphatic carbocycles. The van der Waals surface area contributed by atoms with Crippen LogP contribution >= 0.6 is 0 Å². The zero-order chi connectivity index (χ0) is 29.9. The maximum Gasteiger partial charge on any atom is 0.0158 e. The van der Waals surface area contributed by atoms with Crippen molar-refractivity contribution < 1.29 is 0 Å². The number of benzene rings is 9. The number of hydrogen-bond acceptors (Lipinski definition) is 0. The summed E-state index contributed by atoms with van der Waals surface area (Å²) in [6, 6.07) is 54.7. The lowest BCUT2D eigenvalue weighted by atomic mass is 9.82. The van der Waals surface area contributed by atoms with E-state index in [0.29, 0.717) is 0 Å². The second-order valence-corrected chi connectivity index (χ2v) is 13.3. The molecule has 9 aromatic rings. The fraction of sp³-hybridized carbons (Fsp3) is 0.0667. The van der Waals surface area contributed by atoms with Gasteiger partial charge in [-0.1, -0.05) is 141 Å². The molecule has 10 rings (SSSR count). The first-order chi connectivity index (χ1) is 22.1. The van der Waals surface area contributed by atoms with Crippen molar-refractivity contribution in [3.05, 3.63) is 157 Å². The standard InChI is InChI=1S/C45H30/c1-45(2)41-13-6-5-11-36(41)40-26-31(19-23-42(40)45)29-14-15-30-25-32(17-16-28(30)24-29)33-21-22-39-35-10-4-3-9-34(35)37-12-7-8-27-18-20-38(33)44(39)43(27)37/h3-26H,1-2H3. The third kappa shape index (κ3) is 3.37. The van der Waals surface area contributed by atoms with Crippen LogP contribution in [0.4, 0.5) is 0 Å². The van der Waals surface area contributed by atoms with Crippen LogP contribution in [0.15, 0.2) is 146 Å². The van der Waals surface area contributed by atoms with Crippen LogP contribution in [0.1, 0.15) is 25.0 Å². The van der Waals surface area contributed by atoms with Crippen LogP contribution in [-0.4, -0.2) is 0 Å². The minimum atomic E-state index is 0.0302. The molecule has 0 atom stereocenters. The minimum Gasteiger partial charge on any atom is -0.0619 e. The number of fused-ring (bicyclic) bond motifs is 7. The van der Waals surface area contributed by atoms with Crippen molar-refractivity contribution in [3.8, 4) is 33.4 Å². The molecule has 0 bridgehead atoms. The summed E-state index contributed by atoms with van der Waals surface area (Å²) in [6.07, 6.45) is 0. The van der Waals surface area contributed by atoms with Crippen LogP contribution in [-0.2, 0) is 5.41 Å². The van der Waals surface area contributed by atoms with Gasteiger partial charge in [-0.15, -0.1) is 0 Å². The van der Waals surface area contributed by atoms with Gasteiger partial charge in [0.2, 0.25) is 0 Å². The Balaban J connectivity index is 1.11. The lowest BCUT2D eigenvalue weighted by Gasteiger charge is -2.21. The molecule has 0 amide bonds. The predicted molar refractivity (Wildman–Crippen MR) is 194 cm³/mol. The Morgan fingerprint density at radius 3 is 1.78 bits per heavy atom. The maximum atomic E-state index is 2.40. The van der Waals surface area contributed by atoms with Gasteiger partial charge in [0.05, 0.1) is 0 Å². The van der Waals surface area contributed by atoms with Gasteiger partial charge in [0.1, 0.15) is 0 Å². The molecule has 45 heavy (non-hydrogen) atoms. The summed E-state index contributed by atoms with van der Waals surface area (Å²) in [6.45, 7) is 4.68. The molecule has 0 spiro atoms. The van der Waals surface area contributed by atoms with Crippen LogP contribution in [0.3, 0.4) is 0 Å². The van der Waals surface area contributed by atoms with Crippen molar-refractivity contribution in [2.24, 2.45) is 0 Å². The zero-order valence-electron chi connectivity index (χ0n) is 25.4. The molecule has 210 valence electrons. The highest BCUT2D eigenvalue weighted by atomic mass is 14.4. The lowest BCUT2D eigenvalue weighted by molar-refractivity contribution is 0.660. The highest BCUT2D eigenvalue weighted by Gasteiger charge is 2.35. The van der Waals surface area contributed by atoms with E-state index in [-0.39, 0.29) is 5.41 Å². The molecule has 0 radical (unpaired) electrons. The van der Waals surface area contributed by atoms with E-state index < -0.39 is 0 Å². The summed E-state index contributed by atoms with van der Waals surface area (Å²) >= 11 is 0. The zero-order valence-corrected chi connectivity index (χ0v) is 25.4. The Morgan fingerprint density at radius 2 is 0.933 bits per heavy atom. The molecule has 0 heteroatoms. The SMILES string of the molecule is CC1(C)c2ccccc2-c2cc(-c3ccc4cc(-c5ccc6c7ccccc7c7cccc8ccc5c6c87)ccc4c3)ccc21. The van der Waals surface area contributed by atoms with Gasteiger partial charge in [0.15, 0.2) is 0 Å². The molecular formula is C45H30. The third-order valence-corrected chi connectivity index (χ3v) is 10.6. The Morgan fingerprint density at radius 1 is 0.333 bits per heavy atom. The summed E-state index contributed by atoms with van der Waals surface area (Å²) in [5, 5.41) is 13.2. The first-order valence-electron chi connectivity index (χ1n) is 15.9. The van der Waals surface area contributed by atoms with Crippen molar-refractivity contribution in [1.29, 1.82) is 0 Å². The predicted octanol–water partition coefficient (Wildman–Crippen LogP) is 12.5. The molecule has 0 fully saturated rings. The smallest absolute Gasteiger partial charge is 0.0158 e. The van der Waals surface area contributed by atoms with Crippen LogP contribution in [0.5, 0.6) is 0 Å². The summed E-state index contributed by atoms with van der Waals surface area (Å²) in [5.41, 5.74) is 10.7. The van der Waals surface area contributed by atoms with Gasteiger partial charge >= 0.3 is 0 Å². The molecule has 0 nitrogen and oxygen atoms in total. The van der Waals surface area contributed by atoms with E-state index in [9.17, 15) is 0 Å². The summed E-state index contributed by atoms with van der Waals surface area (Å²) in [7, 11) is 0. The van der Waals surface area contributed by atoms with Crippen LogP contribution in [0.2, 0.25) is 0 Å². The molecule has 0 saturated heterocycles. The second-order valence-electron chi connectivity index (χ2n) is 13.3. The summed E-state index contributed by atoms with van der Waals surface area (Å²) in [4.78, 5) is 0. The van der Waals surface area contributed by atoms with Gasteiger partial charge in [0, 0.05) is 5.41 Å². The van der Waals surface area contributed by atoms with Crippen molar-refractivity contribution >= 4 is 53.9 Å². The van der Waals surface area contributed by atoms with Gasteiger partial charge in [-0.3, -0.25) is 0 Å². The minimum absolute atomic E-state index is 0.0302. The monoisotopic (exact) mass is 570 g/mol. The average molecular weight is 571 g/mol. The van der Waals surface area contributed by atoms with Crippen LogP contribution in [0.25, 0.3) is 87.2 Å². The molecule has 9 aromatic carbocycles. The van der Waals surface area contributed by atoms with Gasteiger partial charge in [0.25, 0.3) is 0 Å². The molecule has 0 saturated carbocycles. The molecule has 0 unspecified atom stereocenters. The Kier molecular flexibility index (Phi) is 4.88. The molecule has 0 aliphatic heterocycles. The van der Waals surface area contributed by atoms with Crippen molar-refractivity contribution in [1.82, 2.24) is 0 Å². The van der Waals surface area contributed by atoms with Gasteiger partial charge < -0.3 is 0 Å². The quantitative estimate of drug-likeness (QED) is 0.143. The first-order valence-corrected chi connectivity index (χ1v) is 15.9. The summed E-state index contributed by atoms with van der Waals surface area (Å²) < 4.78 is 0. The molecular weight excluding hydrogens is 540 g/mol. The van der Waals surface area contributed by atoms with Crippen LogP contribution < -0.4 is 0 Å². The average Bonchev–Trinajstić information content (AvgIpc) is 3.32. The van der Waals surface area contributed by atoms with Crippen molar-refractivity contribution in [2.75, 3.05) is 0 Å². The maximum absolute atomic E-state index is 2.40. The highest BCUT2D eigenvalue weighted by Crippen LogP contribution is 2.50. The van der Waals surface area contributed by atoms with E-state index in [1.54, 1.807) is 0 Å². The van der Waals surface area contributed by atoms with E-state index in [0.717, 1.165) is 0 Å².